The molecule has 6 heteroatoms. The molecule has 0 radical (unpaired) electrons. The first-order chi connectivity index (χ1) is 16.7. The number of nitrogens with one attached hydrogen (secondary N) is 2. The van der Waals surface area contributed by atoms with E-state index in [-0.39, 0.29) is 11.5 Å². The fourth-order valence-corrected chi connectivity index (χ4v) is 4.32. The van der Waals surface area contributed by atoms with E-state index in [1.165, 1.54) is 15.9 Å². The molecule has 180 valence electrons. The van der Waals surface area contributed by atoms with Gasteiger partial charge in [0.05, 0.1) is 4.88 Å². The van der Waals surface area contributed by atoms with Crippen LogP contribution in [0.1, 0.15) is 32.6 Å². The van der Waals surface area contributed by atoms with Gasteiger partial charge in [0.2, 0.25) is 0 Å². The molecule has 0 aliphatic rings. The number of hydrogen-bond acceptors (Lipinski definition) is 4. The van der Waals surface area contributed by atoms with E-state index in [0.717, 1.165) is 27.2 Å². The summed E-state index contributed by atoms with van der Waals surface area (Å²) in [6.45, 7) is 22.8. The van der Waals surface area contributed by atoms with Gasteiger partial charge in [-0.25, -0.2) is 0 Å². The Morgan fingerprint density at radius 1 is 1.06 bits per heavy atom. The zero-order valence-corrected chi connectivity index (χ0v) is 21.3. The van der Waals surface area contributed by atoms with Crippen LogP contribution >= 0.6 is 11.3 Å². The molecule has 1 amide bonds. The highest BCUT2D eigenvalue weighted by Crippen LogP contribution is 2.27. The number of aromatic nitrogens is 1. The molecule has 0 spiro atoms. The quantitative estimate of drug-likeness (QED) is 0.356. The van der Waals surface area contributed by atoms with Crippen molar-refractivity contribution in [2.75, 3.05) is 5.32 Å². The van der Waals surface area contributed by atoms with Crippen molar-refractivity contribution in [3.63, 3.8) is 0 Å². The van der Waals surface area contributed by atoms with Crippen LogP contribution in [0.25, 0.3) is 11.6 Å². The maximum Gasteiger partial charge on any atom is 0.274 e. The summed E-state index contributed by atoms with van der Waals surface area (Å²) in [4.78, 5) is 27.3. The number of thiophene rings is 1. The molecule has 35 heavy (non-hydrogen) atoms. The molecule has 0 aliphatic carbocycles. The summed E-state index contributed by atoms with van der Waals surface area (Å²) in [6.07, 6.45) is 13.4. The molecule has 5 nitrogen and oxygen atoms in total. The molecule has 0 fully saturated rings. The van der Waals surface area contributed by atoms with Crippen LogP contribution < -0.4 is 16.2 Å². The summed E-state index contributed by atoms with van der Waals surface area (Å²) in [5.74, 6) is -0.227. The monoisotopic (exact) mass is 485 g/mol. The van der Waals surface area contributed by atoms with Gasteiger partial charge in [-0.2, -0.15) is 0 Å². The average molecular weight is 486 g/mol. The highest BCUT2D eigenvalue weighted by atomic mass is 32.1. The van der Waals surface area contributed by atoms with Crippen LogP contribution in [-0.4, -0.2) is 10.5 Å². The van der Waals surface area contributed by atoms with E-state index in [9.17, 15) is 9.59 Å². The highest BCUT2D eigenvalue weighted by molar-refractivity contribution is 7.15. The molecule has 2 heterocycles. The Kier molecular flexibility index (Phi) is 9.55. The molecule has 0 bridgehead atoms. The molecule has 0 unspecified atom stereocenters. The second kappa shape index (κ2) is 12.3. The van der Waals surface area contributed by atoms with Crippen LogP contribution in [0.3, 0.4) is 0 Å². The smallest absolute Gasteiger partial charge is 0.274 e. The average Bonchev–Trinajstić information content (AvgIpc) is 3.22. The largest absolute Gasteiger partial charge is 0.351 e. The molecule has 0 atom stereocenters. The third-order valence-corrected chi connectivity index (χ3v) is 6.43. The summed E-state index contributed by atoms with van der Waals surface area (Å²) in [5.41, 5.74) is 4.64. The third-order valence-electron chi connectivity index (χ3n) is 5.20. The lowest BCUT2D eigenvalue weighted by atomic mass is 9.99. The summed E-state index contributed by atoms with van der Waals surface area (Å²) in [5, 5.41) is 6.08. The summed E-state index contributed by atoms with van der Waals surface area (Å²) in [6, 6.07) is 3.59. The predicted molar refractivity (Wildman–Crippen MR) is 151 cm³/mol. The number of anilines is 1. The van der Waals surface area contributed by atoms with Gasteiger partial charge in [-0.3, -0.25) is 9.59 Å². The topological polar surface area (TPSA) is 63.1 Å². The number of carbonyl (C=O) groups is 1. The highest BCUT2D eigenvalue weighted by Gasteiger charge is 2.16. The summed E-state index contributed by atoms with van der Waals surface area (Å²) < 4.78 is 1.49. The van der Waals surface area contributed by atoms with Gasteiger partial charge in [-0.1, -0.05) is 57.2 Å². The Labute approximate surface area is 211 Å². The van der Waals surface area contributed by atoms with Crippen LogP contribution in [-0.2, 0) is 7.05 Å². The van der Waals surface area contributed by atoms with Crippen LogP contribution in [0.4, 0.5) is 5.69 Å². The fraction of sp³-hybridized carbons (Fsp3) is 0.103. The second-order valence-electron chi connectivity index (χ2n) is 7.62. The van der Waals surface area contributed by atoms with Crippen molar-refractivity contribution in [2.24, 2.45) is 7.05 Å². The first-order valence-corrected chi connectivity index (χ1v) is 11.7. The predicted octanol–water partition coefficient (Wildman–Crippen LogP) is 6.53. The Morgan fingerprint density at radius 3 is 2.29 bits per heavy atom. The maximum atomic E-state index is 13.0. The lowest BCUT2D eigenvalue weighted by Crippen LogP contribution is -2.23. The van der Waals surface area contributed by atoms with E-state index >= 15 is 0 Å². The van der Waals surface area contributed by atoms with Crippen molar-refractivity contribution in [3.05, 3.63) is 136 Å². The molecule has 2 rings (SSSR count). The Hall–Kier alpha value is -4.16. The van der Waals surface area contributed by atoms with E-state index in [2.05, 4.69) is 43.5 Å². The van der Waals surface area contributed by atoms with Crippen LogP contribution in [0.2, 0.25) is 0 Å². The zero-order chi connectivity index (χ0) is 26.1. The number of rotatable bonds is 11. The molecule has 2 aromatic heterocycles. The number of amides is 1. The van der Waals surface area contributed by atoms with Crippen molar-refractivity contribution in [2.45, 2.75) is 13.8 Å². The van der Waals surface area contributed by atoms with Gasteiger partial charge >= 0.3 is 0 Å². The first-order valence-electron chi connectivity index (χ1n) is 10.8. The van der Waals surface area contributed by atoms with Gasteiger partial charge in [-0.05, 0) is 60.9 Å². The number of nitrogens with zero attached hydrogens (tertiary/aromatic N) is 1. The van der Waals surface area contributed by atoms with Crippen molar-refractivity contribution >= 4 is 34.6 Å². The van der Waals surface area contributed by atoms with Crippen LogP contribution in [0, 0.1) is 6.92 Å². The van der Waals surface area contributed by atoms with E-state index in [1.54, 1.807) is 61.8 Å². The molecule has 2 N–H and O–H groups in total. The van der Waals surface area contributed by atoms with E-state index in [4.69, 9.17) is 0 Å². The van der Waals surface area contributed by atoms with Gasteiger partial charge in [0.1, 0.15) is 5.69 Å². The lowest BCUT2D eigenvalue weighted by Gasteiger charge is -2.16. The minimum Gasteiger partial charge on any atom is -0.351 e. The molecule has 0 saturated carbocycles. The minimum atomic E-state index is -0.227. The zero-order valence-electron chi connectivity index (χ0n) is 20.5. The van der Waals surface area contributed by atoms with Crippen LogP contribution in [0.15, 0.2) is 109 Å². The normalized spacial score (nSPS) is 12.3. The lowest BCUT2D eigenvalue weighted by molar-refractivity contribution is 0.0970. The molecule has 0 aromatic carbocycles. The Morgan fingerprint density at radius 2 is 1.74 bits per heavy atom. The van der Waals surface area contributed by atoms with Crippen LogP contribution in [0.5, 0.6) is 0 Å². The molecule has 2 aromatic rings. The second-order valence-corrected chi connectivity index (χ2v) is 8.70. The van der Waals surface area contributed by atoms with Crippen molar-refractivity contribution < 1.29 is 4.79 Å². The van der Waals surface area contributed by atoms with Gasteiger partial charge < -0.3 is 15.2 Å². The summed E-state index contributed by atoms with van der Waals surface area (Å²) in [7, 11) is 1.68. The van der Waals surface area contributed by atoms with Gasteiger partial charge in [0, 0.05) is 35.1 Å². The fourth-order valence-electron chi connectivity index (χ4n) is 3.40. The summed E-state index contributed by atoms with van der Waals surface area (Å²) >= 11 is 1.38. The van der Waals surface area contributed by atoms with Gasteiger partial charge in [-0.15, -0.1) is 11.3 Å². The van der Waals surface area contributed by atoms with E-state index in [0.29, 0.717) is 22.0 Å². The Bertz CT molecular complexity index is 1350. The molecule has 0 aliphatic heterocycles. The maximum absolute atomic E-state index is 13.0. The van der Waals surface area contributed by atoms with Gasteiger partial charge in [0.15, 0.2) is 0 Å². The van der Waals surface area contributed by atoms with Crippen molar-refractivity contribution in [1.29, 1.82) is 0 Å². The molecule has 0 saturated heterocycles. The van der Waals surface area contributed by atoms with E-state index < -0.39 is 0 Å². The van der Waals surface area contributed by atoms with Crippen molar-refractivity contribution in [1.82, 2.24) is 9.88 Å². The minimum absolute atomic E-state index is 0.201. The van der Waals surface area contributed by atoms with Gasteiger partial charge in [0.25, 0.3) is 11.5 Å². The SMILES string of the molecule is C=C/C=C(\C=C)Nc1cc(/C(C=C)=C(C)/C(=C\C=C)NC(=O)c2cc(C)c(C=C)s2)cn(C)c1=O. The number of allylic oxidation sites excluding steroid dienone is 8. The molecular formula is C29H31N3O2S. The number of hydrogen-bond donors (Lipinski definition) is 2. The van der Waals surface area contributed by atoms with E-state index in [1.807, 2.05) is 19.9 Å². The number of aryl methyl sites for hydroxylation is 2. The first kappa shape index (κ1) is 27.1. The number of carbonyl (C=O) groups excluding carboxylic acids is 1. The third kappa shape index (κ3) is 6.46. The Balaban J connectivity index is 2.55. The number of pyridine rings is 1. The standard InChI is InChI=1S/C29H31N3O2S/c1-9-14-22(11-3)30-25-17-21(18-32(8)29(25)34)23(12-4)20(7)24(15-10-2)31-28(33)27-16-19(6)26(13-5)35-27/h9-18,30H,1-5H2,6-8H3,(H,31,33)/b22-14+,23-20+,24-15+. The molecular weight excluding hydrogens is 454 g/mol. The van der Waals surface area contributed by atoms with Crippen molar-refractivity contribution in [3.8, 4) is 0 Å².